The first-order valence-electron chi connectivity index (χ1n) is 5.36. The molecule has 0 aliphatic rings. The molecule has 0 aromatic carbocycles. The Morgan fingerprint density at radius 1 is 1.05 bits per heavy atom. The Hall–Kier alpha value is -0.310. The zero-order chi connectivity index (χ0) is 16.0. The van der Waals surface area contributed by atoms with Gasteiger partial charge >= 0.3 is 0 Å². The summed E-state index contributed by atoms with van der Waals surface area (Å²) in [6, 6.07) is 0. The van der Waals surface area contributed by atoms with E-state index in [9.17, 15) is 25.3 Å². The van der Waals surface area contributed by atoms with Crippen LogP contribution < -0.4 is 9.44 Å². The van der Waals surface area contributed by atoms with Gasteiger partial charge < -0.3 is 5.11 Å². The maximum absolute atomic E-state index is 11.4. The number of sulfonamides is 2. The highest BCUT2D eigenvalue weighted by Gasteiger charge is 2.17. The molecule has 0 radical (unpaired) electrons. The van der Waals surface area contributed by atoms with Crippen molar-refractivity contribution in [3.63, 3.8) is 0 Å². The maximum atomic E-state index is 11.4. The molecule has 0 aliphatic carbocycles. The van der Waals surface area contributed by atoms with Crippen LogP contribution in [0.1, 0.15) is 6.42 Å². The van der Waals surface area contributed by atoms with E-state index < -0.39 is 54.3 Å². The third-order valence-corrected chi connectivity index (χ3v) is 4.86. The van der Waals surface area contributed by atoms with Crippen LogP contribution in [0, 0.1) is 0 Å². The summed E-state index contributed by atoms with van der Waals surface area (Å²) in [5, 5.41) is 9.17. The molecule has 0 heterocycles. The number of nitrogens with one attached hydrogen (secondary N) is 2. The van der Waals surface area contributed by atoms with Crippen LogP contribution in [0.5, 0.6) is 0 Å². The minimum atomic E-state index is -4.39. The average molecular weight is 354 g/mol. The fourth-order valence-corrected chi connectivity index (χ4v) is 3.35. The Morgan fingerprint density at radius 2 is 1.60 bits per heavy atom. The summed E-state index contributed by atoms with van der Waals surface area (Å²) in [6.07, 6.45) is -0.628. The van der Waals surface area contributed by atoms with Crippen LogP contribution in [-0.2, 0) is 30.2 Å². The first-order valence-corrected chi connectivity index (χ1v) is 10.5. The van der Waals surface area contributed by atoms with Crippen LogP contribution in [0.3, 0.4) is 0 Å². The number of rotatable bonds is 10. The van der Waals surface area contributed by atoms with Crippen molar-refractivity contribution >= 4 is 30.2 Å². The van der Waals surface area contributed by atoms with Gasteiger partial charge in [-0.2, -0.15) is 8.42 Å². The molecule has 0 spiro atoms. The summed E-state index contributed by atoms with van der Waals surface area (Å²) in [6.45, 7) is -0.630. The zero-order valence-electron chi connectivity index (χ0n) is 10.7. The van der Waals surface area contributed by atoms with E-state index in [1.54, 1.807) is 0 Å². The first-order chi connectivity index (χ1) is 8.81. The lowest BCUT2D eigenvalue weighted by atomic mass is 10.4. The van der Waals surface area contributed by atoms with Crippen molar-refractivity contribution < 1.29 is 34.9 Å². The molecule has 0 fully saturated rings. The Balaban J connectivity index is 4.08. The fraction of sp³-hybridized carbons (Fsp3) is 1.00. The third kappa shape index (κ3) is 12.7. The van der Waals surface area contributed by atoms with Crippen molar-refractivity contribution in [2.45, 2.75) is 12.5 Å². The van der Waals surface area contributed by atoms with Gasteiger partial charge in [0.2, 0.25) is 20.0 Å². The van der Waals surface area contributed by atoms with Gasteiger partial charge in [0.05, 0.1) is 18.1 Å². The summed E-state index contributed by atoms with van der Waals surface area (Å²) in [5.74, 6) is -1.38. The first kappa shape index (κ1) is 19.7. The summed E-state index contributed by atoms with van der Waals surface area (Å²) >= 11 is 0. The quantitative estimate of drug-likeness (QED) is 0.239. The van der Waals surface area contributed by atoms with E-state index in [2.05, 4.69) is 4.72 Å². The van der Waals surface area contributed by atoms with Gasteiger partial charge in [0.25, 0.3) is 10.1 Å². The van der Waals surface area contributed by atoms with E-state index in [1.807, 2.05) is 4.72 Å². The normalized spacial score (nSPS) is 15.2. The van der Waals surface area contributed by atoms with Crippen molar-refractivity contribution in [1.82, 2.24) is 9.44 Å². The summed E-state index contributed by atoms with van der Waals surface area (Å²) in [4.78, 5) is 0. The summed E-state index contributed by atoms with van der Waals surface area (Å²) in [7, 11) is -11.5. The summed E-state index contributed by atoms with van der Waals surface area (Å²) in [5.41, 5.74) is 0. The van der Waals surface area contributed by atoms with Gasteiger partial charge in [-0.1, -0.05) is 0 Å². The van der Waals surface area contributed by atoms with E-state index in [0.29, 0.717) is 0 Å². The maximum Gasteiger partial charge on any atom is 0.267 e. The van der Waals surface area contributed by atoms with Crippen LogP contribution >= 0.6 is 0 Å². The van der Waals surface area contributed by atoms with E-state index in [-0.39, 0.29) is 13.0 Å². The van der Waals surface area contributed by atoms with Crippen molar-refractivity contribution in [1.29, 1.82) is 0 Å². The number of aliphatic hydroxyl groups excluding tert-OH is 1. The molecule has 0 aromatic rings. The number of hydrogen-bond acceptors (Lipinski definition) is 7. The SMILES string of the molecule is CS(=O)(=O)NCCCS(=O)(=O)NCC(O)CS(=O)(=O)O. The molecule has 0 saturated carbocycles. The second kappa shape index (κ2) is 7.63. The Morgan fingerprint density at radius 3 is 2.05 bits per heavy atom. The van der Waals surface area contributed by atoms with Gasteiger partial charge in [0, 0.05) is 13.1 Å². The smallest absolute Gasteiger partial charge is 0.267 e. The molecule has 0 saturated heterocycles. The van der Waals surface area contributed by atoms with E-state index in [4.69, 9.17) is 9.66 Å². The van der Waals surface area contributed by atoms with Crippen LogP contribution in [0.15, 0.2) is 0 Å². The molecule has 20 heavy (non-hydrogen) atoms. The highest BCUT2D eigenvalue weighted by molar-refractivity contribution is 7.89. The molecule has 0 rings (SSSR count). The van der Waals surface area contributed by atoms with E-state index in [1.165, 1.54) is 0 Å². The van der Waals surface area contributed by atoms with Crippen LogP contribution in [0.4, 0.5) is 0 Å². The van der Waals surface area contributed by atoms with Gasteiger partial charge in [-0.05, 0) is 6.42 Å². The topological polar surface area (TPSA) is 167 Å². The lowest BCUT2D eigenvalue weighted by Crippen LogP contribution is -2.37. The number of aliphatic hydroxyl groups is 1. The Bertz CT molecular complexity index is 594. The van der Waals surface area contributed by atoms with E-state index in [0.717, 1.165) is 6.26 Å². The van der Waals surface area contributed by atoms with E-state index >= 15 is 0 Å². The molecular weight excluding hydrogens is 336 g/mol. The standard InChI is InChI=1S/C7H18N2O8S3/c1-18(11,12)8-3-2-4-19(13,14)9-5-7(10)6-20(15,16)17/h7-10H,2-6H2,1H3,(H,15,16,17). The highest BCUT2D eigenvalue weighted by atomic mass is 32.2. The van der Waals surface area contributed by atoms with Crippen LogP contribution in [0.25, 0.3) is 0 Å². The molecule has 1 unspecified atom stereocenters. The molecule has 10 nitrogen and oxygen atoms in total. The Labute approximate surface area is 118 Å². The molecule has 0 aliphatic heterocycles. The second-order valence-electron chi connectivity index (χ2n) is 4.09. The van der Waals surface area contributed by atoms with Crippen molar-refractivity contribution in [2.75, 3.05) is 30.9 Å². The second-order valence-corrected chi connectivity index (χ2v) is 9.35. The molecule has 0 bridgehead atoms. The average Bonchev–Trinajstić information content (AvgIpc) is 2.18. The van der Waals surface area contributed by atoms with Crippen LogP contribution in [0.2, 0.25) is 0 Å². The lowest BCUT2D eigenvalue weighted by molar-refractivity contribution is 0.198. The third-order valence-electron chi connectivity index (χ3n) is 1.90. The summed E-state index contributed by atoms with van der Waals surface area (Å²) < 4.78 is 77.6. The monoisotopic (exact) mass is 354 g/mol. The van der Waals surface area contributed by atoms with Gasteiger partial charge in [-0.3, -0.25) is 4.55 Å². The van der Waals surface area contributed by atoms with Gasteiger partial charge in [0.1, 0.15) is 5.75 Å². The predicted octanol–water partition coefficient (Wildman–Crippen LogP) is -2.91. The van der Waals surface area contributed by atoms with Crippen molar-refractivity contribution in [3.05, 3.63) is 0 Å². The Kier molecular flexibility index (Phi) is 7.51. The van der Waals surface area contributed by atoms with Gasteiger partial charge in [-0.25, -0.2) is 26.3 Å². The van der Waals surface area contributed by atoms with Gasteiger partial charge in [0.15, 0.2) is 0 Å². The van der Waals surface area contributed by atoms with Crippen molar-refractivity contribution in [2.24, 2.45) is 0 Å². The highest BCUT2D eigenvalue weighted by Crippen LogP contribution is 1.93. The molecule has 0 amide bonds. The number of hydrogen-bond donors (Lipinski definition) is 4. The zero-order valence-corrected chi connectivity index (χ0v) is 13.1. The predicted molar refractivity (Wildman–Crippen MR) is 71.7 cm³/mol. The minimum absolute atomic E-state index is 0.0107. The fourth-order valence-electron chi connectivity index (χ4n) is 1.12. The molecule has 0 aromatic heterocycles. The van der Waals surface area contributed by atoms with Gasteiger partial charge in [-0.15, -0.1) is 0 Å². The molecule has 13 heteroatoms. The lowest BCUT2D eigenvalue weighted by Gasteiger charge is -2.10. The molecule has 1 atom stereocenters. The molecular formula is C7H18N2O8S3. The minimum Gasteiger partial charge on any atom is -0.391 e. The van der Waals surface area contributed by atoms with Crippen LogP contribution in [-0.4, -0.2) is 71.9 Å². The molecule has 4 N–H and O–H groups in total. The largest absolute Gasteiger partial charge is 0.391 e. The molecule has 122 valence electrons. The van der Waals surface area contributed by atoms with Crippen molar-refractivity contribution in [3.8, 4) is 0 Å².